The van der Waals surface area contributed by atoms with Gasteiger partial charge in [0, 0.05) is 25.2 Å². The van der Waals surface area contributed by atoms with Crippen LogP contribution in [-0.2, 0) is 0 Å². The molecule has 0 aromatic heterocycles. The first-order chi connectivity index (χ1) is 8.91. The molecule has 1 amide bonds. The molecule has 0 spiro atoms. The van der Waals surface area contributed by atoms with Crippen LogP contribution < -0.4 is 0 Å². The number of benzene rings is 1. The zero-order valence-corrected chi connectivity index (χ0v) is 11.4. The Hall–Kier alpha value is -1.62. The van der Waals surface area contributed by atoms with Crippen molar-refractivity contribution >= 4 is 5.91 Å². The molecule has 4 nitrogen and oxygen atoms in total. The van der Waals surface area contributed by atoms with Gasteiger partial charge in [0.1, 0.15) is 17.1 Å². The summed E-state index contributed by atoms with van der Waals surface area (Å²) in [5.74, 6) is -1.42. The minimum Gasteiger partial charge on any atom is -0.507 e. The van der Waals surface area contributed by atoms with Gasteiger partial charge in [0.2, 0.25) is 0 Å². The molecule has 1 N–H and O–H groups in total. The van der Waals surface area contributed by atoms with Crippen LogP contribution in [0.2, 0.25) is 0 Å². The summed E-state index contributed by atoms with van der Waals surface area (Å²) in [7, 11) is 2.01. The summed E-state index contributed by atoms with van der Waals surface area (Å²) in [5, 5.41) is 9.68. The molecule has 2 rings (SSSR count). The Labute approximate surface area is 112 Å². The van der Waals surface area contributed by atoms with E-state index in [9.17, 15) is 14.3 Å². The number of hydrogen-bond donors (Lipinski definition) is 1. The van der Waals surface area contributed by atoms with Gasteiger partial charge in [-0.05, 0) is 33.0 Å². The molecule has 0 radical (unpaired) electrons. The molecule has 0 saturated carbocycles. The van der Waals surface area contributed by atoms with Crippen molar-refractivity contribution in [1.29, 1.82) is 0 Å². The maximum absolute atomic E-state index is 13.7. The lowest BCUT2D eigenvalue weighted by Gasteiger charge is -2.42. The second kappa shape index (κ2) is 5.17. The largest absolute Gasteiger partial charge is 0.507 e. The molecule has 2 atom stereocenters. The van der Waals surface area contributed by atoms with Crippen molar-refractivity contribution in [1.82, 2.24) is 9.80 Å². The standard InChI is InChI=1S/C14H19FN2O2/c1-9-7-17(8-10(2)16(9)3)14(19)13-11(15)5-4-6-12(13)18/h4-6,9-10,18H,7-8H2,1-3H3. The Kier molecular flexibility index (Phi) is 3.75. The summed E-state index contributed by atoms with van der Waals surface area (Å²) in [6.07, 6.45) is 0. The van der Waals surface area contributed by atoms with Crippen molar-refractivity contribution in [2.75, 3.05) is 20.1 Å². The van der Waals surface area contributed by atoms with Crippen molar-refractivity contribution < 1.29 is 14.3 Å². The van der Waals surface area contributed by atoms with E-state index in [-0.39, 0.29) is 23.4 Å². The van der Waals surface area contributed by atoms with Gasteiger partial charge < -0.3 is 10.0 Å². The Morgan fingerprint density at radius 2 is 1.89 bits per heavy atom. The van der Waals surface area contributed by atoms with Gasteiger partial charge in [-0.25, -0.2) is 4.39 Å². The summed E-state index contributed by atoms with van der Waals surface area (Å²) >= 11 is 0. The fourth-order valence-electron chi connectivity index (χ4n) is 2.45. The molecule has 1 aromatic carbocycles. The van der Waals surface area contributed by atoms with Crippen molar-refractivity contribution in [2.45, 2.75) is 25.9 Å². The normalized spacial score (nSPS) is 24.5. The van der Waals surface area contributed by atoms with Crippen LogP contribution in [0.15, 0.2) is 18.2 Å². The first-order valence-electron chi connectivity index (χ1n) is 6.40. The first kappa shape index (κ1) is 13.8. The number of amides is 1. The number of piperazine rings is 1. The maximum atomic E-state index is 13.7. The number of likely N-dealkylation sites (N-methyl/N-ethyl adjacent to an activating group) is 1. The van der Waals surface area contributed by atoms with E-state index in [1.54, 1.807) is 4.90 Å². The van der Waals surface area contributed by atoms with Crippen LogP contribution >= 0.6 is 0 Å². The zero-order valence-electron chi connectivity index (χ0n) is 11.4. The van der Waals surface area contributed by atoms with E-state index in [0.717, 1.165) is 0 Å². The number of hydrogen-bond acceptors (Lipinski definition) is 3. The van der Waals surface area contributed by atoms with Gasteiger partial charge in [0.25, 0.3) is 5.91 Å². The molecule has 1 aliphatic rings. The van der Waals surface area contributed by atoms with E-state index in [1.165, 1.54) is 18.2 Å². The number of halogens is 1. The third kappa shape index (κ3) is 2.56. The number of phenolic OH excluding ortho intramolecular Hbond substituents is 1. The molecular formula is C14H19FN2O2. The number of aromatic hydroxyl groups is 1. The Bertz CT molecular complexity index is 460. The van der Waals surface area contributed by atoms with E-state index >= 15 is 0 Å². The third-order valence-electron chi connectivity index (χ3n) is 3.85. The van der Waals surface area contributed by atoms with Gasteiger partial charge in [-0.2, -0.15) is 0 Å². The second-order valence-corrected chi connectivity index (χ2v) is 5.21. The maximum Gasteiger partial charge on any atom is 0.260 e. The van der Waals surface area contributed by atoms with E-state index in [4.69, 9.17) is 0 Å². The molecule has 19 heavy (non-hydrogen) atoms. The lowest BCUT2D eigenvalue weighted by Crippen LogP contribution is -2.56. The number of rotatable bonds is 1. The molecule has 1 saturated heterocycles. The van der Waals surface area contributed by atoms with E-state index in [0.29, 0.717) is 13.1 Å². The Morgan fingerprint density at radius 1 is 1.32 bits per heavy atom. The van der Waals surface area contributed by atoms with Crippen LogP contribution in [0.4, 0.5) is 4.39 Å². The molecule has 1 aliphatic heterocycles. The fraction of sp³-hybridized carbons (Fsp3) is 0.500. The van der Waals surface area contributed by atoms with E-state index in [2.05, 4.69) is 4.90 Å². The average Bonchev–Trinajstić information content (AvgIpc) is 2.35. The highest BCUT2D eigenvalue weighted by Crippen LogP contribution is 2.24. The zero-order chi connectivity index (χ0) is 14.2. The van der Waals surface area contributed by atoms with Crippen LogP contribution in [-0.4, -0.2) is 53.0 Å². The smallest absolute Gasteiger partial charge is 0.260 e. The van der Waals surface area contributed by atoms with Crippen LogP contribution in [0.3, 0.4) is 0 Å². The average molecular weight is 266 g/mol. The van der Waals surface area contributed by atoms with Gasteiger partial charge in [-0.3, -0.25) is 9.69 Å². The molecule has 1 aromatic rings. The van der Waals surface area contributed by atoms with E-state index in [1.807, 2.05) is 20.9 Å². The second-order valence-electron chi connectivity index (χ2n) is 5.21. The van der Waals surface area contributed by atoms with Gasteiger partial charge in [0.15, 0.2) is 0 Å². The third-order valence-corrected chi connectivity index (χ3v) is 3.85. The molecule has 0 aliphatic carbocycles. The summed E-state index contributed by atoms with van der Waals surface area (Å²) in [6.45, 7) is 5.12. The monoisotopic (exact) mass is 266 g/mol. The summed E-state index contributed by atoms with van der Waals surface area (Å²) < 4.78 is 13.7. The molecule has 2 unspecified atom stereocenters. The van der Waals surface area contributed by atoms with E-state index < -0.39 is 11.7 Å². The van der Waals surface area contributed by atoms with Gasteiger partial charge in [0.05, 0.1) is 0 Å². The number of nitrogens with zero attached hydrogens (tertiary/aromatic N) is 2. The minimum absolute atomic E-state index is 0.210. The summed E-state index contributed by atoms with van der Waals surface area (Å²) in [5.41, 5.74) is -0.230. The first-order valence-corrected chi connectivity index (χ1v) is 6.40. The van der Waals surface area contributed by atoms with Crippen LogP contribution in [0.5, 0.6) is 5.75 Å². The van der Waals surface area contributed by atoms with Crippen molar-refractivity contribution in [3.8, 4) is 5.75 Å². The van der Waals surface area contributed by atoms with Crippen LogP contribution in [0.1, 0.15) is 24.2 Å². The molecule has 1 heterocycles. The molecule has 1 fully saturated rings. The van der Waals surface area contributed by atoms with Gasteiger partial charge >= 0.3 is 0 Å². The topological polar surface area (TPSA) is 43.8 Å². The van der Waals surface area contributed by atoms with Crippen LogP contribution in [0.25, 0.3) is 0 Å². The molecule has 5 heteroatoms. The van der Waals surface area contributed by atoms with Gasteiger partial charge in [-0.15, -0.1) is 0 Å². The Balaban J connectivity index is 2.25. The lowest BCUT2D eigenvalue weighted by molar-refractivity contribution is 0.0408. The van der Waals surface area contributed by atoms with Gasteiger partial charge in [-0.1, -0.05) is 6.07 Å². The number of carbonyl (C=O) groups is 1. The summed E-state index contributed by atoms with van der Waals surface area (Å²) in [4.78, 5) is 16.1. The number of phenols is 1. The molecule has 104 valence electrons. The molecular weight excluding hydrogens is 247 g/mol. The van der Waals surface area contributed by atoms with Crippen molar-refractivity contribution in [2.24, 2.45) is 0 Å². The predicted octanol–water partition coefficient (Wildman–Crippen LogP) is 1.70. The van der Waals surface area contributed by atoms with Crippen molar-refractivity contribution in [3.05, 3.63) is 29.6 Å². The highest BCUT2D eigenvalue weighted by atomic mass is 19.1. The number of carbonyl (C=O) groups excluding carboxylic acids is 1. The SMILES string of the molecule is CC1CN(C(=O)c2c(O)cccc2F)CC(C)N1C. The molecule has 0 bridgehead atoms. The predicted molar refractivity (Wildman–Crippen MR) is 70.7 cm³/mol. The highest BCUT2D eigenvalue weighted by molar-refractivity contribution is 5.97. The quantitative estimate of drug-likeness (QED) is 0.841. The summed E-state index contributed by atoms with van der Waals surface area (Å²) in [6, 6.07) is 4.33. The van der Waals surface area contributed by atoms with Crippen LogP contribution in [0, 0.1) is 5.82 Å². The highest BCUT2D eigenvalue weighted by Gasteiger charge is 2.31. The minimum atomic E-state index is -0.677. The Morgan fingerprint density at radius 3 is 2.42 bits per heavy atom. The lowest BCUT2D eigenvalue weighted by atomic mass is 10.1. The fourth-order valence-corrected chi connectivity index (χ4v) is 2.45. The van der Waals surface area contributed by atoms with Crippen molar-refractivity contribution in [3.63, 3.8) is 0 Å².